The van der Waals surface area contributed by atoms with Gasteiger partial charge in [0.15, 0.2) is 5.82 Å². The predicted octanol–water partition coefficient (Wildman–Crippen LogP) is 16.2. The van der Waals surface area contributed by atoms with Crippen molar-refractivity contribution < 1.29 is 0 Å². The third kappa shape index (κ3) is 6.68. The molecule has 67 heavy (non-hydrogen) atoms. The van der Waals surface area contributed by atoms with Crippen molar-refractivity contribution >= 4 is 49.6 Å². The standard InChI is InChI=1S/C63H44N4/c1-41-23-34-54-56-39-48(31-36-61(56)67(62(54)37-41)49-17-6-3-7-18-49)43-26-24-42(25-27-43)47-30-35-60-55(38-47)53-20-10-11-22-59(53)66(60)50-32-28-45(29-33-50)57-40-58(65-63(64-57)46-14-4-2-5-15-46)52-21-12-16-44-13-8-9-19-51(44)52/h2-36,38-41H,37H2,1H3. The van der Waals surface area contributed by atoms with Crippen molar-refractivity contribution in [3.63, 3.8) is 0 Å². The number of para-hydroxylation sites is 2. The summed E-state index contributed by atoms with van der Waals surface area (Å²) in [5.41, 5.74) is 18.4. The minimum Gasteiger partial charge on any atom is -0.313 e. The molecule has 0 radical (unpaired) electrons. The van der Waals surface area contributed by atoms with E-state index in [1.807, 2.05) is 18.2 Å². The lowest BCUT2D eigenvalue weighted by atomic mass is 9.93. The molecule has 1 atom stereocenters. The van der Waals surface area contributed by atoms with Crippen molar-refractivity contribution in [2.24, 2.45) is 5.92 Å². The van der Waals surface area contributed by atoms with Gasteiger partial charge in [-0.3, -0.25) is 0 Å². The third-order valence-corrected chi connectivity index (χ3v) is 13.7. The van der Waals surface area contributed by atoms with E-state index in [-0.39, 0.29) is 0 Å². The van der Waals surface area contributed by atoms with Gasteiger partial charge in [0, 0.05) is 55.5 Å². The zero-order chi connectivity index (χ0) is 44.4. The Hall–Kier alpha value is -8.60. The van der Waals surface area contributed by atoms with Crippen molar-refractivity contribution in [2.75, 3.05) is 0 Å². The molecule has 316 valence electrons. The first-order chi connectivity index (χ1) is 33.1. The fourth-order valence-corrected chi connectivity index (χ4v) is 10.4. The molecule has 0 fully saturated rings. The normalized spacial score (nSPS) is 13.5. The molecule has 1 aliphatic carbocycles. The summed E-state index contributed by atoms with van der Waals surface area (Å²) in [5, 5.41) is 6.12. The lowest BCUT2D eigenvalue weighted by Crippen LogP contribution is -2.08. The van der Waals surface area contributed by atoms with Crippen LogP contribution in [0.2, 0.25) is 0 Å². The molecule has 0 saturated heterocycles. The van der Waals surface area contributed by atoms with Crippen LogP contribution in [0.3, 0.4) is 0 Å². The average Bonchev–Trinajstić information content (AvgIpc) is 3.90. The summed E-state index contributed by atoms with van der Waals surface area (Å²) >= 11 is 0. The van der Waals surface area contributed by atoms with Crippen molar-refractivity contribution in [1.29, 1.82) is 0 Å². The van der Waals surface area contributed by atoms with Crippen LogP contribution in [-0.2, 0) is 6.42 Å². The molecule has 4 heteroatoms. The molecule has 3 aromatic heterocycles. The van der Waals surface area contributed by atoms with Crippen LogP contribution in [0.5, 0.6) is 0 Å². The Morgan fingerprint density at radius 2 is 0.970 bits per heavy atom. The molecule has 0 N–H and O–H groups in total. The van der Waals surface area contributed by atoms with Crippen LogP contribution in [0.15, 0.2) is 224 Å². The number of aromatic nitrogens is 4. The van der Waals surface area contributed by atoms with E-state index in [1.54, 1.807) is 0 Å². The Kier molecular flexibility index (Phi) is 9.17. The lowest BCUT2D eigenvalue weighted by molar-refractivity contribution is 0.690. The van der Waals surface area contributed by atoms with E-state index in [2.05, 4.69) is 228 Å². The smallest absolute Gasteiger partial charge is 0.160 e. The zero-order valence-electron chi connectivity index (χ0n) is 37.0. The summed E-state index contributed by atoms with van der Waals surface area (Å²) in [6.07, 6.45) is 5.72. The highest BCUT2D eigenvalue weighted by Crippen LogP contribution is 2.40. The molecule has 0 bridgehead atoms. The summed E-state index contributed by atoms with van der Waals surface area (Å²) in [7, 11) is 0. The number of fused-ring (bicyclic) bond motifs is 7. The predicted molar refractivity (Wildman–Crippen MR) is 280 cm³/mol. The van der Waals surface area contributed by atoms with Crippen LogP contribution in [0.25, 0.3) is 117 Å². The highest BCUT2D eigenvalue weighted by Gasteiger charge is 2.22. The van der Waals surface area contributed by atoms with Gasteiger partial charge in [-0.15, -0.1) is 0 Å². The second-order valence-corrected chi connectivity index (χ2v) is 17.9. The summed E-state index contributed by atoms with van der Waals surface area (Å²) in [6, 6.07) is 78.6. The molecule has 0 spiro atoms. The molecule has 0 saturated carbocycles. The van der Waals surface area contributed by atoms with E-state index < -0.39 is 0 Å². The number of benzene rings is 9. The Morgan fingerprint density at radius 1 is 0.403 bits per heavy atom. The highest BCUT2D eigenvalue weighted by molar-refractivity contribution is 6.10. The second kappa shape index (κ2) is 15.8. The Bertz CT molecular complexity index is 3870. The van der Waals surface area contributed by atoms with Gasteiger partial charge in [-0.05, 0) is 106 Å². The zero-order valence-corrected chi connectivity index (χ0v) is 37.0. The second-order valence-electron chi connectivity index (χ2n) is 17.9. The number of rotatable bonds is 7. The highest BCUT2D eigenvalue weighted by atomic mass is 15.0. The van der Waals surface area contributed by atoms with Gasteiger partial charge in [0.2, 0.25) is 0 Å². The van der Waals surface area contributed by atoms with Gasteiger partial charge in [-0.1, -0.05) is 177 Å². The van der Waals surface area contributed by atoms with Crippen molar-refractivity contribution in [2.45, 2.75) is 13.3 Å². The van der Waals surface area contributed by atoms with Gasteiger partial charge in [0.05, 0.1) is 27.9 Å². The molecule has 0 aliphatic heterocycles. The van der Waals surface area contributed by atoms with E-state index in [0.717, 1.165) is 40.2 Å². The van der Waals surface area contributed by atoms with Crippen molar-refractivity contribution in [3.8, 4) is 67.5 Å². The summed E-state index contributed by atoms with van der Waals surface area (Å²) < 4.78 is 4.85. The molecule has 4 nitrogen and oxygen atoms in total. The van der Waals surface area contributed by atoms with E-state index in [9.17, 15) is 0 Å². The summed E-state index contributed by atoms with van der Waals surface area (Å²) in [4.78, 5) is 10.3. The van der Waals surface area contributed by atoms with Gasteiger partial charge in [0.25, 0.3) is 0 Å². The fraction of sp³-hybridized carbons (Fsp3) is 0.0476. The number of allylic oxidation sites excluding steroid dienone is 1. The number of hydrogen-bond acceptors (Lipinski definition) is 2. The first-order valence-corrected chi connectivity index (χ1v) is 23.2. The maximum atomic E-state index is 5.15. The van der Waals surface area contributed by atoms with E-state index >= 15 is 0 Å². The number of nitrogens with zero attached hydrogens (tertiary/aromatic N) is 4. The maximum absolute atomic E-state index is 5.15. The SMILES string of the molecule is CC1C=Cc2c(n(-c3ccccc3)c3ccc(-c4ccc(-c5ccc6c(c5)c5ccccc5n6-c5ccc(-c6cc(-c7cccc8ccccc78)nc(-c7ccccc7)n6)cc5)cc4)cc23)C1. The molecular weight excluding hydrogens is 813 g/mol. The minimum absolute atomic E-state index is 0.510. The largest absolute Gasteiger partial charge is 0.313 e. The van der Waals surface area contributed by atoms with Gasteiger partial charge in [0.1, 0.15) is 0 Å². The first-order valence-electron chi connectivity index (χ1n) is 23.2. The summed E-state index contributed by atoms with van der Waals surface area (Å²) in [5.74, 6) is 1.22. The molecule has 9 aromatic carbocycles. The fourth-order valence-electron chi connectivity index (χ4n) is 10.4. The van der Waals surface area contributed by atoms with Crippen LogP contribution >= 0.6 is 0 Å². The molecular formula is C63H44N4. The molecule has 1 aliphatic rings. The Morgan fingerprint density at radius 3 is 1.73 bits per heavy atom. The van der Waals surface area contributed by atoms with Gasteiger partial charge < -0.3 is 9.13 Å². The van der Waals surface area contributed by atoms with Gasteiger partial charge in [-0.25, -0.2) is 9.97 Å². The molecule has 13 rings (SSSR count). The van der Waals surface area contributed by atoms with Crippen molar-refractivity contribution in [3.05, 3.63) is 236 Å². The van der Waals surface area contributed by atoms with Crippen LogP contribution in [-0.4, -0.2) is 19.1 Å². The topological polar surface area (TPSA) is 35.6 Å². The monoisotopic (exact) mass is 856 g/mol. The maximum Gasteiger partial charge on any atom is 0.160 e. The van der Waals surface area contributed by atoms with Gasteiger partial charge in [-0.2, -0.15) is 0 Å². The number of hydrogen-bond donors (Lipinski definition) is 0. The Labute approximate surface area is 389 Å². The van der Waals surface area contributed by atoms with E-state index in [0.29, 0.717) is 11.7 Å². The lowest BCUT2D eigenvalue weighted by Gasteiger charge is -2.17. The average molecular weight is 857 g/mol. The van der Waals surface area contributed by atoms with Crippen molar-refractivity contribution in [1.82, 2.24) is 19.1 Å². The minimum atomic E-state index is 0.510. The van der Waals surface area contributed by atoms with Crippen LogP contribution in [0.4, 0.5) is 0 Å². The van der Waals surface area contributed by atoms with E-state index in [4.69, 9.17) is 9.97 Å². The third-order valence-electron chi connectivity index (χ3n) is 13.7. The Balaban J connectivity index is 0.844. The van der Waals surface area contributed by atoms with E-state index in [1.165, 1.54) is 82.7 Å². The molecule has 0 amide bonds. The molecule has 12 aromatic rings. The van der Waals surface area contributed by atoms with Crippen LogP contribution in [0.1, 0.15) is 18.2 Å². The summed E-state index contributed by atoms with van der Waals surface area (Å²) in [6.45, 7) is 2.31. The quantitative estimate of drug-likeness (QED) is 0.160. The first kappa shape index (κ1) is 38.8. The molecule has 3 heterocycles. The van der Waals surface area contributed by atoms with Gasteiger partial charge >= 0.3 is 0 Å². The van der Waals surface area contributed by atoms with Crippen LogP contribution in [0, 0.1) is 5.92 Å². The molecule has 1 unspecified atom stereocenters. The van der Waals surface area contributed by atoms with Crippen LogP contribution < -0.4 is 0 Å².